The van der Waals surface area contributed by atoms with Gasteiger partial charge in [-0.2, -0.15) is 9.61 Å². The summed E-state index contributed by atoms with van der Waals surface area (Å²) in [7, 11) is 3.73. The zero-order valence-corrected chi connectivity index (χ0v) is 16.6. The van der Waals surface area contributed by atoms with Crippen LogP contribution in [0.2, 0.25) is 0 Å². The van der Waals surface area contributed by atoms with Gasteiger partial charge in [0.15, 0.2) is 5.65 Å². The number of hydrogen-bond donors (Lipinski definition) is 1. The SMILES string of the molecule is Bc1ccccc1-c1cc(NCc2ccc[n+](OC)c2)n2ncc(Br)c2n1. The van der Waals surface area contributed by atoms with Gasteiger partial charge in [0.05, 0.1) is 16.4 Å². The minimum Gasteiger partial charge on any atom is -0.366 e. The Morgan fingerprint density at radius 3 is 2.93 bits per heavy atom. The zero-order chi connectivity index (χ0) is 18.8. The molecule has 0 aliphatic carbocycles. The van der Waals surface area contributed by atoms with E-state index < -0.39 is 0 Å². The summed E-state index contributed by atoms with van der Waals surface area (Å²) < 4.78 is 4.33. The molecule has 1 aromatic carbocycles. The van der Waals surface area contributed by atoms with Crippen molar-refractivity contribution in [2.24, 2.45) is 0 Å². The van der Waals surface area contributed by atoms with Crippen molar-refractivity contribution < 1.29 is 9.57 Å². The van der Waals surface area contributed by atoms with Crippen LogP contribution in [0.25, 0.3) is 16.9 Å². The average molecular weight is 423 g/mol. The van der Waals surface area contributed by atoms with Gasteiger partial charge in [-0.3, -0.25) is 4.84 Å². The summed E-state index contributed by atoms with van der Waals surface area (Å²) >= 11 is 3.55. The van der Waals surface area contributed by atoms with Gasteiger partial charge < -0.3 is 5.32 Å². The third-order valence-corrected chi connectivity index (χ3v) is 4.93. The molecule has 0 fully saturated rings. The van der Waals surface area contributed by atoms with E-state index in [-0.39, 0.29) is 0 Å². The molecule has 0 aliphatic rings. The topological polar surface area (TPSA) is 55.3 Å². The van der Waals surface area contributed by atoms with E-state index in [9.17, 15) is 0 Å². The molecule has 0 radical (unpaired) electrons. The molecular formula is C19H18BBrN5O+. The van der Waals surface area contributed by atoms with Crippen LogP contribution >= 0.6 is 15.9 Å². The first-order valence-electron chi connectivity index (χ1n) is 8.54. The Hall–Kier alpha value is -2.87. The lowest BCUT2D eigenvalue weighted by Crippen LogP contribution is -2.40. The van der Waals surface area contributed by atoms with Crippen LogP contribution in [0.5, 0.6) is 0 Å². The van der Waals surface area contributed by atoms with Crippen molar-refractivity contribution in [3.63, 3.8) is 0 Å². The second-order valence-corrected chi connectivity index (χ2v) is 7.03. The van der Waals surface area contributed by atoms with Gasteiger partial charge in [-0.15, -0.1) is 0 Å². The summed E-state index contributed by atoms with van der Waals surface area (Å²) in [5.41, 5.74) is 5.06. The fraction of sp³-hybridized carbons (Fsp3) is 0.105. The molecule has 1 N–H and O–H groups in total. The van der Waals surface area contributed by atoms with Crippen LogP contribution in [0.3, 0.4) is 0 Å². The van der Waals surface area contributed by atoms with Gasteiger partial charge in [-0.1, -0.05) is 29.7 Å². The van der Waals surface area contributed by atoms with E-state index in [1.54, 1.807) is 22.6 Å². The van der Waals surface area contributed by atoms with E-state index in [0.717, 1.165) is 32.8 Å². The molecule has 0 amide bonds. The minimum absolute atomic E-state index is 0.633. The number of aromatic nitrogens is 4. The minimum atomic E-state index is 0.633. The lowest BCUT2D eigenvalue weighted by molar-refractivity contribution is -0.885. The van der Waals surface area contributed by atoms with Crippen molar-refractivity contribution in [3.8, 4) is 11.3 Å². The van der Waals surface area contributed by atoms with Crippen LogP contribution in [0.15, 0.2) is 65.5 Å². The molecular weight excluding hydrogens is 405 g/mol. The highest BCUT2D eigenvalue weighted by molar-refractivity contribution is 9.10. The van der Waals surface area contributed by atoms with Crippen LogP contribution in [0, 0.1) is 0 Å². The lowest BCUT2D eigenvalue weighted by atomic mass is 9.89. The number of benzene rings is 1. The molecule has 3 aromatic heterocycles. The van der Waals surface area contributed by atoms with Crippen LogP contribution in [0.4, 0.5) is 5.82 Å². The van der Waals surface area contributed by atoms with Gasteiger partial charge in [0.25, 0.3) is 0 Å². The summed E-state index contributed by atoms with van der Waals surface area (Å²) in [5, 5.41) is 7.91. The van der Waals surface area contributed by atoms with Crippen molar-refractivity contribution in [2.75, 3.05) is 12.4 Å². The number of rotatable bonds is 5. The van der Waals surface area contributed by atoms with Crippen molar-refractivity contribution in [1.29, 1.82) is 0 Å². The van der Waals surface area contributed by atoms with Gasteiger partial charge in [0.1, 0.15) is 20.8 Å². The van der Waals surface area contributed by atoms with Crippen molar-refractivity contribution in [2.45, 2.75) is 6.54 Å². The number of fused-ring (bicyclic) bond motifs is 1. The van der Waals surface area contributed by atoms with Crippen LogP contribution in [-0.4, -0.2) is 29.6 Å². The molecule has 0 spiro atoms. The molecule has 0 unspecified atom stereocenters. The maximum absolute atomic E-state index is 5.23. The number of pyridine rings is 1. The number of halogens is 1. The third-order valence-electron chi connectivity index (χ3n) is 4.37. The molecule has 0 aliphatic heterocycles. The highest BCUT2D eigenvalue weighted by atomic mass is 79.9. The zero-order valence-electron chi connectivity index (χ0n) is 15.1. The van der Waals surface area contributed by atoms with Gasteiger partial charge in [-0.05, 0) is 27.6 Å². The highest BCUT2D eigenvalue weighted by Crippen LogP contribution is 2.25. The van der Waals surface area contributed by atoms with E-state index in [1.165, 1.54) is 5.46 Å². The third kappa shape index (κ3) is 3.53. The fourth-order valence-electron chi connectivity index (χ4n) is 2.97. The van der Waals surface area contributed by atoms with E-state index in [2.05, 4.69) is 46.3 Å². The van der Waals surface area contributed by atoms with E-state index >= 15 is 0 Å². The van der Waals surface area contributed by atoms with E-state index in [0.29, 0.717) is 6.54 Å². The van der Waals surface area contributed by atoms with Crippen LogP contribution in [-0.2, 0) is 6.54 Å². The quantitative estimate of drug-likeness (QED) is 0.390. The summed E-state index contributed by atoms with van der Waals surface area (Å²) in [5.74, 6) is 0.872. The monoisotopic (exact) mass is 422 g/mol. The van der Waals surface area contributed by atoms with Gasteiger partial charge >= 0.3 is 0 Å². The molecule has 3 heterocycles. The molecule has 27 heavy (non-hydrogen) atoms. The van der Waals surface area contributed by atoms with Crippen LogP contribution < -0.4 is 20.3 Å². The van der Waals surface area contributed by atoms with E-state index in [1.807, 2.05) is 42.7 Å². The van der Waals surface area contributed by atoms with Gasteiger partial charge in [0, 0.05) is 29.0 Å². The molecule has 0 atom stereocenters. The highest BCUT2D eigenvalue weighted by Gasteiger charge is 2.13. The van der Waals surface area contributed by atoms with Crippen molar-refractivity contribution >= 4 is 40.7 Å². The summed E-state index contributed by atoms with van der Waals surface area (Å²) in [6.07, 6.45) is 5.55. The van der Waals surface area contributed by atoms with Gasteiger partial charge in [0.2, 0.25) is 12.4 Å². The Morgan fingerprint density at radius 1 is 1.26 bits per heavy atom. The fourth-order valence-corrected chi connectivity index (χ4v) is 3.32. The first-order valence-corrected chi connectivity index (χ1v) is 9.34. The Kier molecular flexibility index (Phi) is 4.81. The maximum Gasteiger partial charge on any atom is 0.227 e. The standard InChI is InChI=1S/C19H18BBrN5O/c1-27-25-8-4-5-13(12-25)10-22-18-9-17(14-6-2-3-7-15(14)20)24-19-16(21)11-23-26(18)19/h2-9,11-12,22H,10,20H2,1H3/q+1. The van der Waals surface area contributed by atoms with Gasteiger partial charge in [-0.25, -0.2) is 4.98 Å². The first kappa shape index (κ1) is 17.5. The Morgan fingerprint density at radius 2 is 2.11 bits per heavy atom. The smallest absolute Gasteiger partial charge is 0.227 e. The average Bonchev–Trinajstić information content (AvgIpc) is 3.07. The number of nitrogens with zero attached hydrogens (tertiary/aromatic N) is 4. The van der Waals surface area contributed by atoms with Crippen molar-refractivity contribution in [1.82, 2.24) is 14.6 Å². The molecule has 4 rings (SSSR count). The molecule has 6 nitrogen and oxygen atoms in total. The molecule has 0 bridgehead atoms. The van der Waals surface area contributed by atoms with E-state index in [4.69, 9.17) is 9.82 Å². The summed E-state index contributed by atoms with van der Waals surface area (Å²) in [6, 6.07) is 14.3. The molecule has 0 saturated heterocycles. The van der Waals surface area contributed by atoms with Crippen LogP contribution in [0.1, 0.15) is 5.56 Å². The Balaban J connectivity index is 1.74. The molecule has 0 saturated carbocycles. The predicted molar refractivity (Wildman–Crippen MR) is 111 cm³/mol. The molecule has 8 heteroatoms. The number of anilines is 1. The normalized spacial score (nSPS) is 10.9. The summed E-state index contributed by atoms with van der Waals surface area (Å²) in [4.78, 5) is 10.0. The maximum atomic E-state index is 5.23. The summed E-state index contributed by atoms with van der Waals surface area (Å²) in [6.45, 7) is 0.633. The number of nitrogens with one attached hydrogen (secondary N) is 1. The second-order valence-electron chi connectivity index (χ2n) is 6.18. The first-order chi connectivity index (χ1) is 13.2. The molecule has 4 aromatic rings. The molecule has 134 valence electrons. The number of hydrogen-bond acceptors (Lipinski definition) is 4. The Labute approximate surface area is 166 Å². The Bertz CT molecular complexity index is 1110. The second kappa shape index (κ2) is 7.40. The largest absolute Gasteiger partial charge is 0.366 e. The predicted octanol–water partition coefficient (Wildman–Crippen LogP) is 1.38. The van der Waals surface area contributed by atoms with Crippen molar-refractivity contribution in [3.05, 3.63) is 71.1 Å². The lowest BCUT2D eigenvalue weighted by Gasteiger charge is -2.12.